The van der Waals surface area contributed by atoms with Gasteiger partial charge in [-0.2, -0.15) is 4.39 Å². The van der Waals surface area contributed by atoms with E-state index in [9.17, 15) is 13.9 Å². The van der Waals surface area contributed by atoms with Crippen LogP contribution in [0.4, 0.5) is 8.78 Å². The molecule has 2 fully saturated rings. The van der Waals surface area contributed by atoms with Crippen LogP contribution in [0.1, 0.15) is 76.7 Å². The van der Waals surface area contributed by atoms with E-state index < -0.39 is 17.4 Å². The Morgan fingerprint density at radius 3 is 2.19 bits per heavy atom. The highest BCUT2D eigenvalue weighted by Crippen LogP contribution is 2.42. The number of phenols is 1. The van der Waals surface area contributed by atoms with Gasteiger partial charge in [0.05, 0.1) is 0 Å². The number of unbranched alkanes of at least 4 members (excludes halogenated alkanes) is 1. The SMILES string of the molecule is CCC/C=C/C1CCC(C2CCC(Cc3ccc(O)c(F)c3F)CC2)CC1. The van der Waals surface area contributed by atoms with E-state index in [1.807, 2.05) is 0 Å². The van der Waals surface area contributed by atoms with Gasteiger partial charge in [-0.05, 0) is 99.5 Å². The molecule has 2 saturated carbocycles. The van der Waals surface area contributed by atoms with Crippen molar-refractivity contribution in [1.29, 1.82) is 0 Å². The Hall–Kier alpha value is -1.38. The number of allylic oxidation sites excluding steroid dienone is 2. The van der Waals surface area contributed by atoms with Crippen molar-refractivity contribution in [3.8, 4) is 5.75 Å². The Kier molecular flexibility index (Phi) is 7.32. The second-order valence-electron chi connectivity index (χ2n) is 8.75. The minimum absolute atomic E-state index is 0.410. The molecule has 1 aromatic carbocycles. The monoisotopic (exact) mass is 376 g/mol. The summed E-state index contributed by atoms with van der Waals surface area (Å²) in [4.78, 5) is 0. The zero-order valence-corrected chi connectivity index (χ0v) is 16.6. The molecule has 3 heteroatoms. The van der Waals surface area contributed by atoms with Crippen molar-refractivity contribution >= 4 is 0 Å². The van der Waals surface area contributed by atoms with Gasteiger partial charge in [0.15, 0.2) is 11.6 Å². The van der Waals surface area contributed by atoms with E-state index in [1.165, 1.54) is 63.5 Å². The molecule has 1 N–H and O–H groups in total. The van der Waals surface area contributed by atoms with Gasteiger partial charge in [0.1, 0.15) is 0 Å². The molecule has 2 aliphatic carbocycles. The van der Waals surface area contributed by atoms with E-state index in [0.717, 1.165) is 30.6 Å². The molecule has 0 heterocycles. The molecule has 3 rings (SSSR count). The molecule has 0 aromatic heterocycles. The third kappa shape index (κ3) is 5.33. The van der Waals surface area contributed by atoms with Crippen LogP contribution in [0.15, 0.2) is 24.3 Å². The van der Waals surface area contributed by atoms with E-state index in [4.69, 9.17) is 0 Å². The molecule has 0 amide bonds. The second-order valence-corrected chi connectivity index (χ2v) is 8.75. The van der Waals surface area contributed by atoms with Crippen molar-refractivity contribution in [3.05, 3.63) is 41.5 Å². The highest BCUT2D eigenvalue weighted by molar-refractivity contribution is 5.30. The average molecular weight is 377 g/mol. The predicted octanol–water partition coefficient (Wildman–Crippen LogP) is 7.18. The van der Waals surface area contributed by atoms with Crippen molar-refractivity contribution in [3.63, 3.8) is 0 Å². The molecule has 0 bridgehead atoms. The Morgan fingerprint density at radius 2 is 1.56 bits per heavy atom. The maximum Gasteiger partial charge on any atom is 0.200 e. The molecule has 0 saturated heterocycles. The van der Waals surface area contributed by atoms with Crippen molar-refractivity contribution < 1.29 is 13.9 Å². The van der Waals surface area contributed by atoms with Crippen molar-refractivity contribution in [2.24, 2.45) is 23.7 Å². The van der Waals surface area contributed by atoms with Crippen LogP contribution in [0, 0.1) is 35.3 Å². The summed E-state index contributed by atoms with van der Waals surface area (Å²) in [7, 11) is 0. The summed E-state index contributed by atoms with van der Waals surface area (Å²) in [6.45, 7) is 2.23. The fourth-order valence-corrected chi connectivity index (χ4v) is 5.18. The molecule has 0 radical (unpaired) electrons. The molecule has 0 spiro atoms. The van der Waals surface area contributed by atoms with Crippen molar-refractivity contribution in [2.45, 2.75) is 77.6 Å². The molecular formula is C24H34F2O. The average Bonchev–Trinajstić information content (AvgIpc) is 2.70. The summed E-state index contributed by atoms with van der Waals surface area (Å²) in [6.07, 6.45) is 17.9. The zero-order valence-electron chi connectivity index (χ0n) is 16.6. The fourth-order valence-electron chi connectivity index (χ4n) is 5.18. The van der Waals surface area contributed by atoms with Gasteiger partial charge in [0, 0.05) is 0 Å². The van der Waals surface area contributed by atoms with E-state index in [0.29, 0.717) is 17.9 Å². The molecule has 1 nitrogen and oxygen atoms in total. The molecule has 2 aliphatic rings. The summed E-state index contributed by atoms with van der Waals surface area (Å²) < 4.78 is 27.5. The third-order valence-electron chi connectivity index (χ3n) is 6.89. The molecule has 27 heavy (non-hydrogen) atoms. The summed E-state index contributed by atoms with van der Waals surface area (Å²) in [5.74, 6) is 0.343. The van der Waals surface area contributed by atoms with Crippen LogP contribution in [0.25, 0.3) is 0 Å². The van der Waals surface area contributed by atoms with Crippen LogP contribution >= 0.6 is 0 Å². The van der Waals surface area contributed by atoms with Gasteiger partial charge in [-0.1, -0.05) is 31.6 Å². The lowest BCUT2D eigenvalue weighted by Gasteiger charge is -2.37. The minimum atomic E-state index is -1.11. The number of hydrogen-bond donors (Lipinski definition) is 1. The Balaban J connectivity index is 1.44. The summed E-state index contributed by atoms with van der Waals surface area (Å²) in [6, 6.07) is 2.81. The zero-order chi connectivity index (χ0) is 19.2. The Bertz CT molecular complexity index is 624. The number of benzene rings is 1. The van der Waals surface area contributed by atoms with Gasteiger partial charge in [-0.25, -0.2) is 4.39 Å². The van der Waals surface area contributed by atoms with Gasteiger partial charge in [-0.3, -0.25) is 0 Å². The van der Waals surface area contributed by atoms with Crippen LogP contribution in [0.3, 0.4) is 0 Å². The predicted molar refractivity (Wildman–Crippen MR) is 107 cm³/mol. The van der Waals surface area contributed by atoms with Gasteiger partial charge in [0.25, 0.3) is 0 Å². The first kappa shape index (κ1) is 20.4. The van der Waals surface area contributed by atoms with Gasteiger partial charge in [-0.15, -0.1) is 0 Å². The van der Waals surface area contributed by atoms with E-state index in [2.05, 4.69) is 19.1 Å². The third-order valence-corrected chi connectivity index (χ3v) is 6.89. The first-order valence-corrected chi connectivity index (χ1v) is 10.9. The highest BCUT2D eigenvalue weighted by atomic mass is 19.2. The summed E-state index contributed by atoms with van der Waals surface area (Å²) in [5.41, 5.74) is 0.410. The van der Waals surface area contributed by atoms with Gasteiger partial charge >= 0.3 is 0 Å². The number of hydrogen-bond acceptors (Lipinski definition) is 1. The van der Waals surface area contributed by atoms with Crippen LogP contribution < -0.4 is 0 Å². The smallest absolute Gasteiger partial charge is 0.200 e. The first-order chi connectivity index (χ1) is 13.1. The lowest BCUT2D eigenvalue weighted by atomic mass is 9.68. The number of phenolic OH excluding ortho intramolecular Hbond substituents is 1. The molecule has 1 aromatic rings. The lowest BCUT2D eigenvalue weighted by molar-refractivity contribution is 0.155. The van der Waals surface area contributed by atoms with Crippen molar-refractivity contribution in [2.75, 3.05) is 0 Å². The molecule has 150 valence electrons. The van der Waals surface area contributed by atoms with E-state index in [1.54, 1.807) is 0 Å². The van der Waals surface area contributed by atoms with Crippen LogP contribution in [0.5, 0.6) is 5.75 Å². The Morgan fingerprint density at radius 1 is 0.926 bits per heavy atom. The minimum Gasteiger partial charge on any atom is -0.505 e. The number of rotatable bonds is 6. The largest absolute Gasteiger partial charge is 0.505 e. The normalized spacial score (nSPS) is 29.3. The first-order valence-electron chi connectivity index (χ1n) is 10.9. The van der Waals surface area contributed by atoms with Gasteiger partial charge < -0.3 is 5.11 Å². The van der Waals surface area contributed by atoms with Crippen LogP contribution in [-0.2, 0) is 6.42 Å². The summed E-state index contributed by atoms with van der Waals surface area (Å²) >= 11 is 0. The maximum atomic E-state index is 14.0. The molecule has 0 atom stereocenters. The number of aromatic hydroxyl groups is 1. The van der Waals surface area contributed by atoms with Crippen LogP contribution in [-0.4, -0.2) is 5.11 Å². The maximum absolute atomic E-state index is 14.0. The Labute approximate surface area is 162 Å². The quantitative estimate of drug-likeness (QED) is 0.521. The van der Waals surface area contributed by atoms with Crippen molar-refractivity contribution in [1.82, 2.24) is 0 Å². The second kappa shape index (κ2) is 9.71. The molecular weight excluding hydrogens is 342 g/mol. The standard InChI is InChI=1S/C24H34F2O/c1-2-3-4-5-17-6-10-19(11-7-17)20-12-8-18(9-13-20)16-21-14-15-22(27)24(26)23(21)25/h4-5,14-15,17-20,27H,2-3,6-13,16H2,1H3/b5-4+. The molecule has 0 unspecified atom stereocenters. The van der Waals surface area contributed by atoms with Crippen LogP contribution in [0.2, 0.25) is 0 Å². The lowest BCUT2D eigenvalue weighted by Crippen LogP contribution is -2.26. The fraction of sp³-hybridized carbons (Fsp3) is 0.667. The summed E-state index contributed by atoms with van der Waals surface area (Å²) in [5, 5.41) is 9.27. The number of halogens is 2. The van der Waals surface area contributed by atoms with E-state index >= 15 is 0 Å². The van der Waals surface area contributed by atoms with E-state index in [-0.39, 0.29) is 0 Å². The topological polar surface area (TPSA) is 20.2 Å². The molecule has 0 aliphatic heterocycles. The highest BCUT2D eigenvalue weighted by Gasteiger charge is 2.30. The van der Waals surface area contributed by atoms with Gasteiger partial charge in [0.2, 0.25) is 5.82 Å².